The van der Waals surface area contributed by atoms with Gasteiger partial charge in [-0.15, -0.1) is 0 Å². The molecule has 9 heteroatoms. The first-order valence-corrected chi connectivity index (χ1v) is 9.91. The van der Waals surface area contributed by atoms with E-state index in [0.29, 0.717) is 34.8 Å². The van der Waals surface area contributed by atoms with Gasteiger partial charge in [0.05, 0.1) is 12.0 Å². The minimum Gasteiger partial charge on any atom is -0.481 e. The number of aromatic nitrogens is 3. The molecule has 3 heterocycles. The Labute approximate surface area is 162 Å². The van der Waals surface area contributed by atoms with E-state index in [2.05, 4.69) is 25.2 Å². The highest BCUT2D eigenvalue weighted by atomic mass is 32.1. The Morgan fingerprint density at radius 3 is 3.11 bits per heavy atom. The standard InChI is InChI=1S/C18H24FN5O2S/c1-3-15(25)22-18-23-17(19)14(27-18)10-24-6-4-5-12(9-24)7-13-8-16(26-2)21-11-20-13/h8,11-12H,3-7,9-10H2,1-2H3,(H,22,23,25). The highest BCUT2D eigenvalue weighted by Crippen LogP contribution is 2.27. The van der Waals surface area contributed by atoms with Crippen LogP contribution in [-0.4, -0.2) is 46.0 Å². The van der Waals surface area contributed by atoms with Crippen LogP contribution in [0.3, 0.4) is 0 Å². The summed E-state index contributed by atoms with van der Waals surface area (Å²) in [6, 6.07) is 1.87. The fraction of sp³-hybridized carbons (Fsp3) is 0.556. The van der Waals surface area contributed by atoms with E-state index in [-0.39, 0.29) is 5.91 Å². The molecule has 0 aliphatic carbocycles. The first-order chi connectivity index (χ1) is 13.1. The van der Waals surface area contributed by atoms with E-state index in [0.717, 1.165) is 38.0 Å². The molecule has 2 aromatic heterocycles. The van der Waals surface area contributed by atoms with Gasteiger partial charge in [-0.2, -0.15) is 9.37 Å². The number of likely N-dealkylation sites (tertiary alicyclic amines) is 1. The molecule has 146 valence electrons. The molecule has 1 N–H and O–H groups in total. The van der Waals surface area contributed by atoms with Gasteiger partial charge in [0.2, 0.25) is 17.7 Å². The molecule has 27 heavy (non-hydrogen) atoms. The molecule has 0 aromatic carbocycles. The van der Waals surface area contributed by atoms with Gasteiger partial charge in [-0.25, -0.2) is 9.97 Å². The number of halogens is 1. The van der Waals surface area contributed by atoms with Gasteiger partial charge in [0.25, 0.3) is 0 Å². The van der Waals surface area contributed by atoms with Gasteiger partial charge in [0.1, 0.15) is 6.33 Å². The monoisotopic (exact) mass is 393 g/mol. The number of nitrogens with zero attached hydrogens (tertiary/aromatic N) is 4. The number of rotatable bonds is 7. The lowest BCUT2D eigenvalue weighted by Crippen LogP contribution is -2.35. The minimum absolute atomic E-state index is 0.159. The number of carbonyl (C=O) groups excluding carboxylic acids is 1. The number of carbonyl (C=O) groups is 1. The summed E-state index contributed by atoms with van der Waals surface area (Å²) in [5.41, 5.74) is 0.960. The van der Waals surface area contributed by atoms with Crippen molar-refractivity contribution in [3.8, 4) is 5.88 Å². The van der Waals surface area contributed by atoms with Gasteiger partial charge in [-0.3, -0.25) is 9.69 Å². The molecule has 1 atom stereocenters. The van der Waals surface area contributed by atoms with Crippen LogP contribution in [0.4, 0.5) is 9.52 Å². The maximum atomic E-state index is 14.1. The smallest absolute Gasteiger partial charge is 0.230 e. The fourth-order valence-electron chi connectivity index (χ4n) is 3.25. The summed E-state index contributed by atoms with van der Waals surface area (Å²) in [6.07, 6.45) is 4.89. The molecule has 1 saturated heterocycles. The lowest BCUT2D eigenvalue weighted by molar-refractivity contribution is -0.115. The molecular weight excluding hydrogens is 369 g/mol. The third-order valence-electron chi connectivity index (χ3n) is 4.59. The first kappa shape index (κ1) is 19.6. The van der Waals surface area contributed by atoms with Crippen molar-refractivity contribution in [1.29, 1.82) is 0 Å². The van der Waals surface area contributed by atoms with Crippen molar-refractivity contribution in [1.82, 2.24) is 19.9 Å². The molecule has 0 saturated carbocycles. The van der Waals surface area contributed by atoms with E-state index < -0.39 is 5.95 Å². The van der Waals surface area contributed by atoms with Crippen molar-refractivity contribution in [2.45, 2.75) is 39.2 Å². The second kappa shape index (κ2) is 9.18. The van der Waals surface area contributed by atoms with Gasteiger partial charge in [-0.1, -0.05) is 18.3 Å². The van der Waals surface area contributed by atoms with Crippen LogP contribution in [0, 0.1) is 11.9 Å². The van der Waals surface area contributed by atoms with Crippen molar-refractivity contribution < 1.29 is 13.9 Å². The average Bonchev–Trinajstić information content (AvgIpc) is 3.00. The molecule has 0 bridgehead atoms. The van der Waals surface area contributed by atoms with Crippen LogP contribution in [0.2, 0.25) is 0 Å². The molecule has 0 spiro atoms. The summed E-state index contributed by atoms with van der Waals surface area (Å²) in [7, 11) is 1.59. The summed E-state index contributed by atoms with van der Waals surface area (Å²) >= 11 is 1.21. The van der Waals surface area contributed by atoms with Crippen LogP contribution in [0.1, 0.15) is 36.8 Å². The number of ether oxygens (including phenoxy) is 1. The molecular formula is C18H24FN5O2S. The van der Waals surface area contributed by atoms with Crippen molar-refractivity contribution >= 4 is 22.4 Å². The summed E-state index contributed by atoms with van der Waals surface area (Å²) in [5.74, 6) is 0.373. The average molecular weight is 393 g/mol. The number of hydrogen-bond donors (Lipinski definition) is 1. The Morgan fingerprint density at radius 2 is 2.33 bits per heavy atom. The Bertz CT molecular complexity index is 785. The fourth-order valence-corrected chi connectivity index (χ4v) is 4.15. The van der Waals surface area contributed by atoms with E-state index in [9.17, 15) is 9.18 Å². The summed E-state index contributed by atoms with van der Waals surface area (Å²) < 4.78 is 19.3. The lowest BCUT2D eigenvalue weighted by atomic mass is 9.93. The van der Waals surface area contributed by atoms with E-state index in [1.165, 1.54) is 17.7 Å². The summed E-state index contributed by atoms with van der Waals surface area (Å²) in [4.78, 5) is 26.5. The van der Waals surface area contributed by atoms with E-state index in [1.807, 2.05) is 6.07 Å². The second-order valence-electron chi connectivity index (χ2n) is 6.63. The van der Waals surface area contributed by atoms with Crippen LogP contribution in [0.15, 0.2) is 12.4 Å². The minimum atomic E-state index is -0.492. The molecule has 2 aromatic rings. The number of piperidine rings is 1. The van der Waals surface area contributed by atoms with Crippen LogP contribution in [-0.2, 0) is 17.8 Å². The predicted molar refractivity (Wildman–Crippen MR) is 101 cm³/mol. The molecule has 1 aliphatic rings. The van der Waals surface area contributed by atoms with E-state index in [4.69, 9.17) is 4.74 Å². The molecule has 1 unspecified atom stereocenters. The van der Waals surface area contributed by atoms with Crippen LogP contribution in [0.25, 0.3) is 0 Å². The number of hydrogen-bond acceptors (Lipinski definition) is 7. The quantitative estimate of drug-likeness (QED) is 0.779. The van der Waals surface area contributed by atoms with E-state index in [1.54, 1.807) is 14.0 Å². The van der Waals surface area contributed by atoms with Crippen molar-refractivity contribution in [2.24, 2.45) is 5.92 Å². The molecule has 7 nitrogen and oxygen atoms in total. The molecule has 1 amide bonds. The first-order valence-electron chi connectivity index (χ1n) is 9.09. The summed E-state index contributed by atoms with van der Waals surface area (Å²) in [6.45, 7) is 4.06. The van der Waals surface area contributed by atoms with Gasteiger partial charge >= 0.3 is 0 Å². The Balaban J connectivity index is 1.59. The van der Waals surface area contributed by atoms with E-state index >= 15 is 0 Å². The topological polar surface area (TPSA) is 80.2 Å². The third-order valence-corrected chi connectivity index (χ3v) is 5.52. The zero-order valence-electron chi connectivity index (χ0n) is 15.6. The van der Waals surface area contributed by atoms with Crippen LogP contribution in [0.5, 0.6) is 5.88 Å². The van der Waals surface area contributed by atoms with Crippen molar-refractivity contribution in [3.63, 3.8) is 0 Å². The van der Waals surface area contributed by atoms with Crippen molar-refractivity contribution in [3.05, 3.63) is 28.9 Å². The molecule has 0 radical (unpaired) electrons. The SMILES string of the molecule is CCC(=O)Nc1nc(F)c(CN2CCCC(Cc3cc(OC)ncn3)C2)s1. The lowest BCUT2D eigenvalue weighted by Gasteiger charge is -2.32. The van der Waals surface area contributed by atoms with Gasteiger partial charge in [0.15, 0.2) is 5.13 Å². The number of anilines is 1. The van der Waals surface area contributed by atoms with Gasteiger partial charge in [-0.05, 0) is 31.7 Å². The second-order valence-corrected chi connectivity index (χ2v) is 7.72. The van der Waals surface area contributed by atoms with Crippen LogP contribution < -0.4 is 10.1 Å². The molecule has 1 fully saturated rings. The Kier molecular flexibility index (Phi) is 6.68. The highest BCUT2D eigenvalue weighted by molar-refractivity contribution is 7.15. The highest BCUT2D eigenvalue weighted by Gasteiger charge is 2.23. The Morgan fingerprint density at radius 1 is 1.48 bits per heavy atom. The predicted octanol–water partition coefficient (Wildman–Crippen LogP) is 2.88. The zero-order chi connectivity index (χ0) is 19.2. The number of nitrogens with one attached hydrogen (secondary N) is 1. The molecule has 1 aliphatic heterocycles. The maximum absolute atomic E-state index is 14.1. The zero-order valence-corrected chi connectivity index (χ0v) is 16.4. The number of methoxy groups -OCH3 is 1. The van der Waals surface area contributed by atoms with Crippen LogP contribution >= 0.6 is 11.3 Å². The number of amides is 1. The van der Waals surface area contributed by atoms with Gasteiger partial charge in [0, 0.05) is 31.3 Å². The number of thiazole rings is 1. The largest absolute Gasteiger partial charge is 0.481 e. The normalized spacial score (nSPS) is 17.7. The van der Waals surface area contributed by atoms with Gasteiger partial charge < -0.3 is 10.1 Å². The maximum Gasteiger partial charge on any atom is 0.230 e. The molecule has 3 rings (SSSR count). The summed E-state index contributed by atoms with van der Waals surface area (Å²) in [5, 5.41) is 2.96. The Hall–Kier alpha value is -2.13. The third kappa shape index (κ3) is 5.43. The van der Waals surface area contributed by atoms with Crippen molar-refractivity contribution in [2.75, 3.05) is 25.5 Å².